The molecule has 2 heteroatoms. The molecule has 17 heavy (non-hydrogen) atoms. The van der Waals surface area contributed by atoms with Crippen LogP contribution in [-0.4, -0.2) is 0 Å². The van der Waals surface area contributed by atoms with E-state index in [4.69, 9.17) is 11.6 Å². The standard InChI is InChI=1S/C15H14BrCl/c1-10-6-7-13(8-11(10)2)15(17)12-4-3-5-14(16)9-12/h3-9,15H,1-2H3. The summed E-state index contributed by atoms with van der Waals surface area (Å²) in [5.74, 6) is 0. The van der Waals surface area contributed by atoms with E-state index < -0.39 is 0 Å². The first-order chi connectivity index (χ1) is 8.08. The highest BCUT2D eigenvalue weighted by Crippen LogP contribution is 2.31. The summed E-state index contributed by atoms with van der Waals surface area (Å²) in [6, 6.07) is 14.5. The third kappa shape index (κ3) is 2.91. The van der Waals surface area contributed by atoms with Gasteiger partial charge in [-0.25, -0.2) is 0 Å². The molecule has 1 atom stereocenters. The predicted octanol–water partition coefficient (Wildman–Crippen LogP) is 5.39. The van der Waals surface area contributed by atoms with Crippen LogP contribution in [0.4, 0.5) is 0 Å². The van der Waals surface area contributed by atoms with Crippen LogP contribution in [0.25, 0.3) is 0 Å². The molecule has 0 saturated carbocycles. The van der Waals surface area contributed by atoms with Gasteiger partial charge in [0.05, 0.1) is 5.38 Å². The van der Waals surface area contributed by atoms with Gasteiger partial charge in [-0.05, 0) is 48.2 Å². The van der Waals surface area contributed by atoms with E-state index >= 15 is 0 Å². The number of halogens is 2. The number of hydrogen-bond donors (Lipinski definition) is 0. The molecule has 0 fully saturated rings. The van der Waals surface area contributed by atoms with Gasteiger partial charge in [-0.2, -0.15) is 0 Å². The minimum absolute atomic E-state index is 0.0909. The van der Waals surface area contributed by atoms with E-state index in [1.54, 1.807) is 0 Å². The van der Waals surface area contributed by atoms with Crippen LogP contribution in [0.1, 0.15) is 27.6 Å². The van der Waals surface area contributed by atoms with Crippen molar-refractivity contribution in [3.05, 3.63) is 69.2 Å². The van der Waals surface area contributed by atoms with Gasteiger partial charge in [0.2, 0.25) is 0 Å². The Hall–Kier alpha value is -0.790. The SMILES string of the molecule is Cc1ccc(C(Cl)c2cccc(Br)c2)cc1C. The summed E-state index contributed by atoms with van der Waals surface area (Å²) in [4.78, 5) is 0. The van der Waals surface area contributed by atoms with E-state index in [9.17, 15) is 0 Å². The largest absolute Gasteiger partial charge is 0.113 e. The molecule has 2 aromatic carbocycles. The maximum Gasteiger partial charge on any atom is 0.0835 e. The second kappa shape index (κ2) is 5.24. The summed E-state index contributed by atoms with van der Waals surface area (Å²) in [7, 11) is 0. The highest BCUT2D eigenvalue weighted by atomic mass is 79.9. The Morgan fingerprint density at radius 1 is 0.941 bits per heavy atom. The molecule has 0 nitrogen and oxygen atoms in total. The molecule has 2 rings (SSSR count). The van der Waals surface area contributed by atoms with Crippen molar-refractivity contribution < 1.29 is 0 Å². The lowest BCUT2D eigenvalue weighted by Gasteiger charge is -2.12. The fourth-order valence-electron chi connectivity index (χ4n) is 1.78. The van der Waals surface area contributed by atoms with Crippen LogP contribution in [0.2, 0.25) is 0 Å². The quantitative estimate of drug-likeness (QED) is 0.652. The van der Waals surface area contributed by atoms with Gasteiger partial charge in [0.1, 0.15) is 0 Å². The van der Waals surface area contributed by atoms with Crippen LogP contribution in [0.5, 0.6) is 0 Å². The Morgan fingerprint density at radius 3 is 2.29 bits per heavy atom. The van der Waals surface area contributed by atoms with Crippen LogP contribution in [0, 0.1) is 13.8 Å². The first-order valence-electron chi connectivity index (χ1n) is 5.54. The molecule has 0 aliphatic carbocycles. The minimum Gasteiger partial charge on any atom is -0.113 e. The average Bonchev–Trinajstić information content (AvgIpc) is 2.32. The maximum absolute atomic E-state index is 6.51. The van der Waals surface area contributed by atoms with Gasteiger partial charge in [0.25, 0.3) is 0 Å². The van der Waals surface area contributed by atoms with Gasteiger partial charge in [0.15, 0.2) is 0 Å². The number of benzene rings is 2. The highest BCUT2D eigenvalue weighted by molar-refractivity contribution is 9.10. The molecule has 0 heterocycles. The lowest BCUT2D eigenvalue weighted by atomic mass is 10.0. The molecule has 1 unspecified atom stereocenters. The van der Waals surface area contributed by atoms with Crippen LogP contribution in [0.15, 0.2) is 46.9 Å². The van der Waals surface area contributed by atoms with Gasteiger partial charge in [-0.15, -0.1) is 11.6 Å². The van der Waals surface area contributed by atoms with Gasteiger partial charge in [0, 0.05) is 4.47 Å². The zero-order valence-electron chi connectivity index (χ0n) is 9.87. The van der Waals surface area contributed by atoms with E-state index in [1.165, 1.54) is 11.1 Å². The van der Waals surface area contributed by atoms with Crippen LogP contribution < -0.4 is 0 Å². The minimum atomic E-state index is -0.0909. The van der Waals surface area contributed by atoms with Crippen molar-refractivity contribution in [1.29, 1.82) is 0 Å². The van der Waals surface area contributed by atoms with Crippen molar-refractivity contribution in [2.75, 3.05) is 0 Å². The molecular formula is C15H14BrCl. The van der Waals surface area contributed by atoms with Crippen molar-refractivity contribution in [3.63, 3.8) is 0 Å². The third-order valence-electron chi connectivity index (χ3n) is 2.96. The van der Waals surface area contributed by atoms with E-state index in [2.05, 4.69) is 60.1 Å². The first-order valence-corrected chi connectivity index (χ1v) is 6.77. The second-order valence-corrected chi connectivity index (χ2v) is 5.61. The maximum atomic E-state index is 6.51. The zero-order chi connectivity index (χ0) is 12.4. The van der Waals surface area contributed by atoms with Gasteiger partial charge in [-0.1, -0.05) is 46.3 Å². The first kappa shape index (κ1) is 12.7. The lowest BCUT2D eigenvalue weighted by Crippen LogP contribution is -1.94. The summed E-state index contributed by atoms with van der Waals surface area (Å²) in [6.45, 7) is 4.23. The zero-order valence-corrected chi connectivity index (χ0v) is 12.2. The topological polar surface area (TPSA) is 0 Å². The number of aryl methyl sites for hydroxylation is 2. The molecule has 0 radical (unpaired) electrons. The molecule has 0 N–H and O–H groups in total. The summed E-state index contributed by atoms with van der Waals surface area (Å²) in [6.07, 6.45) is 0. The molecular weight excluding hydrogens is 296 g/mol. The predicted molar refractivity (Wildman–Crippen MR) is 77.8 cm³/mol. The van der Waals surface area contributed by atoms with Gasteiger partial charge >= 0.3 is 0 Å². The van der Waals surface area contributed by atoms with Crippen LogP contribution >= 0.6 is 27.5 Å². The van der Waals surface area contributed by atoms with Crippen molar-refractivity contribution in [3.8, 4) is 0 Å². The van der Waals surface area contributed by atoms with Crippen LogP contribution in [-0.2, 0) is 0 Å². The Bertz CT molecular complexity index is 534. The second-order valence-electron chi connectivity index (χ2n) is 4.26. The normalized spacial score (nSPS) is 12.5. The molecule has 0 spiro atoms. The van der Waals surface area contributed by atoms with Crippen molar-refractivity contribution in [2.24, 2.45) is 0 Å². The summed E-state index contributed by atoms with van der Waals surface area (Å²) >= 11 is 9.98. The summed E-state index contributed by atoms with van der Waals surface area (Å²) < 4.78 is 1.06. The fraction of sp³-hybridized carbons (Fsp3) is 0.200. The Kier molecular flexibility index (Phi) is 3.90. The monoisotopic (exact) mass is 308 g/mol. The summed E-state index contributed by atoms with van der Waals surface area (Å²) in [5, 5.41) is -0.0909. The lowest BCUT2D eigenvalue weighted by molar-refractivity contribution is 1.12. The van der Waals surface area contributed by atoms with Crippen molar-refractivity contribution >= 4 is 27.5 Å². The van der Waals surface area contributed by atoms with E-state index in [0.717, 1.165) is 15.6 Å². The number of rotatable bonds is 2. The molecule has 0 aliphatic rings. The number of alkyl halides is 1. The van der Waals surface area contributed by atoms with Gasteiger partial charge < -0.3 is 0 Å². The molecule has 0 bridgehead atoms. The Labute approximate surface area is 116 Å². The van der Waals surface area contributed by atoms with E-state index in [0.29, 0.717) is 0 Å². The number of hydrogen-bond acceptors (Lipinski definition) is 0. The molecule has 0 amide bonds. The molecule has 0 aliphatic heterocycles. The van der Waals surface area contributed by atoms with Crippen molar-refractivity contribution in [1.82, 2.24) is 0 Å². The molecule has 0 aromatic heterocycles. The molecule has 0 saturated heterocycles. The van der Waals surface area contributed by atoms with E-state index in [-0.39, 0.29) is 5.38 Å². The highest BCUT2D eigenvalue weighted by Gasteiger charge is 2.11. The Balaban J connectivity index is 2.36. The fourth-order valence-corrected chi connectivity index (χ4v) is 2.47. The smallest absolute Gasteiger partial charge is 0.0835 e. The van der Waals surface area contributed by atoms with Crippen LogP contribution in [0.3, 0.4) is 0 Å². The molecule has 88 valence electrons. The Morgan fingerprint density at radius 2 is 1.65 bits per heavy atom. The van der Waals surface area contributed by atoms with Crippen molar-refractivity contribution in [2.45, 2.75) is 19.2 Å². The summed E-state index contributed by atoms with van der Waals surface area (Å²) in [5.41, 5.74) is 4.84. The average molecular weight is 310 g/mol. The third-order valence-corrected chi connectivity index (χ3v) is 3.96. The van der Waals surface area contributed by atoms with E-state index in [1.807, 2.05) is 12.1 Å². The van der Waals surface area contributed by atoms with Gasteiger partial charge in [-0.3, -0.25) is 0 Å². The molecule has 2 aromatic rings.